The van der Waals surface area contributed by atoms with Gasteiger partial charge in [-0.25, -0.2) is 14.6 Å². The molecular weight excluding hydrogens is 402 g/mol. The van der Waals surface area contributed by atoms with E-state index in [4.69, 9.17) is 16.3 Å². The fraction of sp³-hybridized carbons (Fsp3) is 0.579. The van der Waals surface area contributed by atoms with Gasteiger partial charge < -0.3 is 14.7 Å². The summed E-state index contributed by atoms with van der Waals surface area (Å²) in [5, 5.41) is 10.3. The van der Waals surface area contributed by atoms with Crippen molar-refractivity contribution in [2.45, 2.75) is 64.0 Å². The average molecular weight is 424 g/mol. The van der Waals surface area contributed by atoms with Crippen molar-refractivity contribution in [2.24, 2.45) is 0 Å². The van der Waals surface area contributed by atoms with E-state index < -0.39 is 12.0 Å². The Morgan fingerprint density at radius 2 is 1.93 bits per heavy atom. The molecule has 1 saturated carbocycles. The van der Waals surface area contributed by atoms with E-state index in [1.165, 1.54) is 17.8 Å². The maximum Gasteiger partial charge on any atom is 0.348 e. The highest BCUT2D eigenvalue weighted by Gasteiger charge is 2.34. The van der Waals surface area contributed by atoms with Gasteiger partial charge in [0.25, 0.3) is 0 Å². The number of fused-ring (bicyclic) bond motifs is 1. The van der Waals surface area contributed by atoms with Crippen LogP contribution in [0.1, 0.15) is 60.2 Å². The lowest BCUT2D eigenvalue weighted by molar-refractivity contribution is -0.138. The first kappa shape index (κ1) is 19.4. The molecule has 1 aliphatic carbocycles. The summed E-state index contributed by atoms with van der Waals surface area (Å²) in [7, 11) is 0. The number of carbonyl (C=O) groups excluding carboxylic acids is 1. The molecule has 7 nitrogen and oxygen atoms in total. The Labute approximate surface area is 171 Å². The second-order valence-electron chi connectivity index (χ2n) is 7.41. The van der Waals surface area contributed by atoms with E-state index in [0.717, 1.165) is 37.7 Å². The molecule has 4 rings (SSSR count). The lowest BCUT2D eigenvalue weighted by Crippen LogP contribution is -2.36. The van der Waals surface area contributed by atoms with Crippen LogP contribution in [0, 0.1) is 6.92 Å². The number of hydrogen-bond acceptors (Lipinski definition) is 7. The van der Waals surface area contributed by atoms with Crippen molar-refractivity contribution in [1.82, 2.24) is 9.97 Å². The van der Waals surface area contributed by atoms with Crippen molar-refractivity contribution in [3.63, 3.8) is 0 Å². The van der Waals surface area contributed by atoms with E-state index in [2.05, 4.69) is 9.97 Å². The van der Waals surface area contributed by atoms with Gasteiger partial charge in [0.05, 0.1) is 5.39 Å². The number of halogens is 1. The molecule has 1 saturated heterocycles. The van der Waals surface area contributed by atoms with Gasteiger partial charge in [-0.15, -0.1) is 11.3 Å². The Balaban J connectivity index is 1.72. The number of aromatic nitrogens is 2. The number of ether oxygens (including phenoxy) is 1. The molecular formula is C19H22ClN3O4S. The molecule has 2 fully saturated rings. The van der Waals surface area contributed by atoms with Crippen molar-refractivity contribution >= 4 is 50.9 Å². The number of thiophene rings is 1. The van der Waals surface area contributed by atoms with Crippen LogP contribution in [0.15, 0.2) is 0 Å². The van der Waals surface area contributed by atoms with Crippen LogP contribution < -0.4 is 4.90 Å². The molecule has 0 aromatic carbocycles. The van der Waals surface area contributed by atoms with Gasteiger partial charge >= 0.3 is 11.9 Å². The molecule has 1 unspecified atom stereocenters. The number of aliphatic carboxylic acids is 1. The molecule has 2 aromatic heterocycles. The fourth-order valence-electron chi connectivity index (χ4n) is 4.16. The van der Waals surface area contributed by atoms with Gasteiger partial charge in [-0.05, 0) is 62.6 Å². The molecule has 28 heavy (non-hydrogen) atoms. The zero-order valence-electron chi connectivity index (χ0n) is 15.6. The van der Waals surface area contributed by atoms with Crippen molar-refractivity contribution in [3.05, 3.63) is 15.7 Å². The Morgan fingerprint density at radius 1 is 1.18 bits per heavy atom. The minimum absolute atomic E-state index is 0.0324. The number of carbonyl (C=O) groups is 2. The SMILES string of the molecule is Cc1c(C(=O)OC2CCCCC2)sc2nc(Cl)nc(N3CCCC3C(=O)O)c12. The van der Waals surface area contributed by atoms with Crippen LogP contribution in [-0.2, 0) is 9.53 Å². The third kappa shape index (κ3) is 3.55. The van der Waals surface area contributed by atoms with Gasteiger partial charge in [0, 0.05) is 6.54 Å². The lowest BCUT2D eigenvalue weighted by atomic mass is 9.98. The van der Waals surface area contributed by atoms with E-state index in [9.17, 15) is 14.7 Å². The number of hydrogen-bond donors (Lipinski definition) is 1. The van der Waals surface area contributed by atoms with Gasteiger partial charge in [0.1, 0.15) is 27.7 Å². The molecule has 9 heteroatoms. The minimum atomic E-state index is -0.884. The molecule has 150 valence electrons. The smallest absolute Gasteiger partial charge is 0.348 e. The van der Waals surface area contributed by atoms with Crippen molar-refractivity contribution < 1.29 is 19.4 Å². The largest absolute Gasteiger partial charge is 0.480 e. The monoisotopic (exact) mass is 423 g/mol. The maximum absolute atomic E-state index is 12.8. The first-order valence-electron chi connectivity index (χ1n) is 9.62. The predicted molar refractivity (Wildman–Crippen MR) is 107 cm³/mol. The van der Waals surface area contributed by atoms with Gasteiger partial charge in [-0.2, -0.15) is 4.98 Å². The minimum Gasteiger partial charge on any atom is -0.480 e. The van der Waals surface area contributed by atoms with Gasteiger partial charge in [-0.3, -0.25) is 0 Å². The van der Waals surface area contributed by atoms with Crippen molar-refractivity contribution in [2.75, 3.05) is 11.4 Å². The van der Waals surface area contributed by atoms with E-state index in [-0.39, 0.29) is 17.4 Å². The topological polar surface area (TPSA) is 92.6 Å². The van der Waals surface area contributed by atoms with Crippen LogP contribution in [0.5, 0.6) is 0 Å². The molecule has 3 heterocycles. The summed E-state index contributed by atoms with van der Waals surface area (Å²) in [4.78, 5) is 35.9. The van der Waals surface area contributed by atoms with Crippen molar-refractivity contribution in [1.29, 1.82) is 0 Å². The van der Waals surface area contributed by atoms with E-state index in [1.807, 2.05) is 6.92 Å². The standard InChI is InChI=1S/C19H22ClN3O4S/c1-10-13-15(23-9-5-8-12(23)17(24)25)21-19(20)22-16(13)28-14(10)18(26)27-11-6-3-2-4-7-11/h11-12H,2-9H2,1H3,(H,24,25). The van der Waals surface area contributed by atoms with Crippen LogP contribution >= 0.6 is 22.9 Å². The number of aryl methyl sites for hydroxylation is 1. The Morgan fingerprint density at radius 3 is 2.64 bits per heavy atom. The number of esters is 1. The average Bonchev–Trinajstić information content (AvgIpc) is 3.27. The second-order valence-corrected chi connectivity index (χ2v) is 8.74. The molecule has 0 radical (unpaired) electrons. The number of anilines is 1. The van der Waals surface area contributed by atoms with Crippen LogP contribution in [-0.4, -0.2) is 45.7 Å². The summed E-state index contributed by atoms with van der Waals surface area (Å²) in [6.07, 6.45) is 6.45. The first-order chi connectivity index (χ1) is 13.5. The maximum atomic E-state index is 12.8. The zero-order chi connectivity index (χ0) is 19.8. The Hall–Kier alpha value is -1.93. The van der Waals surface area contributed by atoms with E-state index >= 15 is 0 Å². The van der Waals surface area contributed by atoms with Gasteiger partial charge in [0.15, 0.2) is 0 Å². The molecule has 0 bridgehead atoms. The molecule has 1 N–H and O–H groups in total. The molecule has 0 spiro atoms. The third-order valence-electron chi connectivity index (χ3n) is 5.56. The molecule has 1 aliphatic heterocycles. The highest BCUT2D eigenvalue weighted by Crippen LogP contribution is 2.39. The lowest BCUT2D eigenvalue weighted by Gasteiger charge is -2.23. The quantitative estimate of drug-likeness (QED) is 0.581. The van der Waals surface area contributed by atoms with Crippen molar-refractivity contribution in [3.8, 4) is 0 Å². The highest BCUT2D eigenvalue weighted by molar-refractivity contribution is 7.20. The summed E-state index contributed by atoms with van der Waals surface area (Å²) in [6.45, 7) is 2.42. The summed E-state index contributed by atoms with van der Waals surface area (Å²) < 4.78 is 5.73. The summed E-state index contributed by atoms with van der Waals surface area (Å²) in [5.41, 5.74) is 0.725. The number of rotatable bonds is 4. The number of carboxylic acid groups (broad SMARTS) is 1. The van der Waals surface area contributed by atoms with Crippen LogP contribution in [0.3, 0.4) is 0 Å². The molecule has 2 aromatic rings. The van der Waals surface area contributed by atoms with Gasteiger partial charge in [0.2, 0.25) is 5.28 Å². The normalized spacial score (nSPS) is 20.6. The molecule has 2 aliphatic rings. The fourth-order valence-corrected chi connectivity index (χ4v) is 5.43. The zero-order valence-corrected chi connectivity index (χ0v) is 17.2. The van der Waals surface area contributed by atoms with Crippen LogP contribution in [0.2, 0.25) is 5.28 Å². The number of carboxylic acids is 1. The summed E-state index contributed by atoms with van der Waals surface area (Å²) in [5.74, 6) is -0.735. The second kappa shape index (κ2) is 7.83. The highest BCUT2D eigenvalue weighted by atomic mass is 35.5. The summed E-state index contributed by atoms with van der Waals surface area (Å²) >= 11 is 7.35. The van der Waals surface area contributed by atoms with E-state index in [0.29, 0.717) is 33.9 Å². The first-order valence-corrected chi connectivity index (χ1v) is 10.8. The molecule has 0 amide bonds. The van der Waals surface area contributed by atoms with Gasteiger partial charge in [-0.1, -0.05) is 6.42 Å². The number of nitrogens with zero attached hydrogens (tertiary/aromatic N) is 3. The summed E-state index contributed by atoms with van der Waals surface area (Å²) in [6, 6.07) is -0.647. The Kier molecular flexibility index (Phi) is 5.42. The van der Waals surface area contributed by atoms with Crippen LogP contribution in [0.4, 0.5) is 5.82 Å². The predicted octanol–water partition coefficient (Wildman–Crippen LogP) is 4.20. The van der Waals surface area contributed by atoms with Crippen LogP contribution in [0.25, 0.3) is 10.2 Å². The Bertz CT molecular complexity index is 926. The third-order valence-corrected chi connectivity index (χ3v) is 6.90. The van der Waals surface area contributed by atoms with E-state index in [1.54, 1.807) is 4.90 Å². The molecule has 1 atom stereocenters.